The molecule has 0 spiro atoms. The van der Waals surface area contributed by atoms with Crippen LogP contribution in [0.3, 0.4) is 0 Å². The van der Waals surface area contributed by atoms with E-state index >= 15 is 0 Å². The van der Waals surface area contributed by atoms with Crippen LogP contribution in [0, 0.1) is 5.92 Å². The molecule has 90 valence electrons. The second-order valence-corrected chi connectivity index (χ2v) is 4.44. The molecule has 0 aliphatic heterocycles. The average Bonchev–Trinajstić information content (AvgIpc) is 2.22. The van der Waals surface area contributed by atoms with E-state index in [0.29, 0.717) is 24.2 Å². The fourth-order valence-corrected chi connectivity index (χ4v) is 1.40. The fraction of sp³-hybridized carbons (Fsp3) is 0.909. The van der Waals surface area contributed by atoms with Gasteiger partial charge in [0, 0.05) is 25.6 Å². The molecule has 15 heavy (non-hydrogen) atoms. The highest BCUT2D eigenvalue weighted by Gasteiger charge is 2.12. The minimum absolute atomic E-state index is 0.310. The van der Waals surface area contributed by atoms with E-state index in [4.69, 9.17) is 10.9 Å². The standard InChI is InChI=1S/C11H25N3O/c1-5-10(4)8-14(9(2)3)7-6-11(12)13-15/h9-10,15H,5-8H2,1-4H3,(H2,12,13). The first-order valence-electron chi connectivity index (χ1n) is 5.71. The Morgan fingerprint density at radius 1 is 1.40 bits per heavy atom. The number of oxime groups is 1. The van der Waals surface area contributed by atoms with Crippen LogP contribution in [-0.4, -0.2) is 35.1 Å². The molecule has 0 aliphatic carbocycles. The fourth-order valence-electron chi connectivity index (χ4n) is 1.40. The molecule has 1 unspecified atom stereocenters. The summed E-state index contributed by atoms with van der Waals surface area (Å²) in [6, 6.07) is 0.505. The number of hydrogen-bond acceptors (Lipinski definition) is 3. The van der Waals surface area contributed by atoms with Crippen molar-refractivity contribution in [3.05, 3.63) is 0 Å². The van der Waals surface area contributed by atoms with Crippen LogP contribution in [0.4, 0.5) is 0 Å². The molecule has 0 rings (SSSR count). The first-order valence-corrected chi connectivity index (χ1v) is 5.71. The van der Waals surface area contributed by atoms with Gasteiger partial charge in [0.25, 0.3) is 0 Å². The third kappa shape index (κ3) is 6.33. The van der Waals surface area contributed by atoms with Gasteiger partial charge in [-0.1, -0.05) is 25.4 Å². The summed E-state index contributed by atoms with van der Waals surface area (Å²) in [5.74, 6) is 1.00. The molecule has 4 heteroatoms. The Morgan fingerprint density at radius 2 is 2.00 bits per heavy atom. The molecular weight excluding hydrogens is 190 g/mol. The summed E-state index contributed by atoms with van der Waals surface area (Å²) in [6.45, 7) is 10.7. The van der Waals surface area contributed by atoms with Crippen LogP contribution in [-0.2, 0) is 0 Å². The van der Waals surface area contributed by atoms with Gasteiger partial charge in [0.2, 0.25) is 0 Å². The maximum Gasteiger partial charge on any atom is 0.140 e. The second kappa shape index (κ2) is 7.51. The smallest absolute Gasteiger partial charge is 0.140 e. The Labute approximate surface area is 93.1 Å². The van der Waals surface area contributed by atoms with Gasteiger partial charge in [0.15, 0.2) is 0 Å². The van der Waals surface area contributed by atoms with Gasteiger partial charge in [-0.3, -0.25) is 0 Å². The maximum absolute atomic E-state index is 8.46. The van der Waals surface area contributed by atoms with E-state index in [-0.39, 0.29) is 0 Å². The van der Waals surface area contributed by atoms with Crippen molar-refractivity contribution in [2.75, 3.05) is 13.1 Å². The lowest BCUT2D eigenvalue weighted by Gasteiger charge is -2.28. The summed E-state index contributed by atoms with van der Waals surface area (Å²) in [6.07, 6.45) is 1.82. The quantitative estimate of drug-likeness (QED) is 0.295. The van der Waals surface area contributed by atoms with Crippen molar-refractivity contribution in [3.63, 3.8) is 0 Å². The molecule has 0 saturated carbocycles. The minimum atomic E-state index is 0.310. The molecule has 3 N–H and O–H groups in total. The van der Waals surface area contributed by atoms with Crippen molar-refractivity contribution in [1.82, 2.24) is 4.90 Å². The largest absolute Gasteiger partial charge is 0.409 e. The molecule has 0 aromatic carbocycles. The van der Waals surface area contributed by atoms with Crippen LogP contribution in [0.5, 0.6) is 0 Å². The van der Waals surface area contributed by atoms with E-state index in [1.165, 1.54) is 6.42 Å². The Kier molecular flexibility index (Phi) is 7.13. The molecule has 0 aliphatic rings. The summed E-state index contributed by atoms with van der Waals surface area (Å²) < 4.78 is 0. The van der Waals surface area contributed by atoms with Crippen molar-refractivity contribution in [2.24, 2.45) is 16.8 Å². The van der Waals surface area contributed by atoms with E-state index in [1.54, 1.807) is 0 Å². The lowest BCUT2D eigenvalue weighted by molar-refractivity contribution is 0.195. The van der Waals surface area contributed by atoms with Crippen molar-refractivity contribution in [1.29, 1.82) is 0 Å². The van der Waals surface area contributed by atoms with Gasteiger partial charge in [-0.15, -0.1) is 0 Å². The predicted molar refractivity (Wildman–Crippen MR) is 64.2 cm³/mol. The topological polar surface area (TPSA) is 61.8 Å². The molecule has 1 atom stereocenters. The molecule has 0 bridgehead atoms. The molecule has 0 aromatic rings. The monoisotopic (exact) mass is 215 g/mol. The Hall–Kier alpha value is -0.770. The van der Waals surface area contributed by atoms with Crippen LogP contribution < -0.4 is 5.73 Å². The zero-order valence-electron chi connectivity index (χ0n) is 10.4. The van der Waals surface area contributed by atoms with Gasteiger partial charge in [-0.2, -0.15) is 0 Å². The van der Waals surface area contributed by atoms with Crippen molar-refractivity contribution >= 4 is 5.84 Å². The Balaban J connectivity index is 4.05. The van der Waals surface area contributed by atoms with Gasteiger partial charge >= 0.3 is 0 Å². The summed E-state index contributed by atoms with van der Waals surface area (Å²) in [7, 11) is 0. The SMILES string of the molecule is CCC(C)CN(CCC(N)=NO)C(C)C. The highest BCUT2D eigenvalue weighted by atomic mass is 16.4. The Bertz CT molecular complexity index is 192. The van der Waals surface area contributed by atoms with Crippen molar-refractivity contribution < 1.29 is 5.21 Å². The maximum atomic E-state index is 8.46. The number of nitrogens with zero attached hydrogens (tertiary/aromatic N) is 2. The first kappa shape index (κ1) is 14.2. The summed E-state index contributed by atoms with van der Waals surface area (Å²) >= 11 is 0. The van der Waals surface area contributed by atoms with Gasteiger partial charge in [0.05, 0.1) is 0 Å². The van der Waals surface area contributed by atoms with E-state index in [0.717, 1.165) is 13.1 Å². The van der Waals surface area contributed by atoms with E-state index in [1.807, 2.05) is 0 Å². The van der Waals surface area contributed by atoms with Gasteiger partial charge in [0.1, 0.15) is 5.84 Å². The van der Waals surface area contributed by atoms with Crippen molar-refractivity contribution in [3.8, 4) is 0 Å². The zero-order valence-corrected chi connectivity index (χ0v) is 10.4. The van der Waals surface area contributed by atoms with Crippen LogP contribution >= 0.6 is 0 Å². The van der Waals surface area contributed by atoms with Crippen LogP contribution in [0.2, 0.25) is 0 Å². The molecule has 4 nitrogen and oxygen atoms in total. The highest BCUT2D eigenvalue weighted by molar-refractivity contribution is 5.79. The van der Waals surface area contributed by atoms with E-state index in [2.05, 4.69) is 37.8 Å². The van der Waals surface area contributed by atoms with Gasteiger partial charge in [-0.05, 0) is 19.8 Å². The van der Waals surface area contributed by atoms with Crippen LogP contribution in [0.15, 0.2) is 5.16 Å². The molecular formula is C11H25N3O. The zero-order chi connectivity index (χ0) is 11.8. The van der Waals surface area contributed by atoms with Crippen LogP contribution in [0.1, 0.15) is 40.5 Å². The van der Waals surface area contributed by atoms with E-state index in [9.17, 15) is 0 Å². The molecule has 0 heterocycles. The van der Waals surface area contributed by atoms with Crippen molar-refractivity contribution in [2.45, 2.75) is 46.6 Å². The lowest BCUT2D eigenvalue weighted by atomic mass is 10.1. The number of nitrogens with two attached hydrogens (primary N) is 1. The second-order valence-electron chi connectivity index (χ2n) is 4.44. The Morgan fingerprint density at radius 3 is 2.40 bits per heavy atom. The number of rotatable bonds is 7. The average molecular weight is 215 g/mol. The third-order valence-electron chi connectivity index (χ3n) is 2.76. The van der Waals surface area contributed by atoms with Gasteiger partial charge < -0.3 is 15.8 Å². The van der Waals surface area contributed by atoms with Crippen LogP contribution in [0.25, 0.3) is 0 Å². The summed E-state index contributed by atoms with van der Waals surface area (Å²) in [5.41, 5.74) is 5.46. The number of hydrogen-bond donors (Lipinski definition) is 2. The molecule has 0 radical (unpaired) electrons. The first-order chi connectivity index (χ1) is 7.01. The minimum Gasteiger partial charge on any atom is -0.409 e. The third-order valence-corrected chi connectivity index (χ3v) is 2.76. The number of amidine groups is 1. The molecule has 0 saturated heterocycles. The lowest BCUT2D eigenvalue weighted by Crippen LogP contribution is -2.37. The summed E-state index contributed by atoms with van der Waals surface area (Å²) in [4.78, 5) is 2.37. The summed E-state index contributed by atoms with van der Waals surface area (Å²) in [5, 5.41) is 11.4. The normalized spacial score (nSPS) is 14.9. The molecule has 0 fully saturated rings. The molecule has 0 amide bonds. The molecule has 0 aromatic heterocycles. The highest BCUT2D eigenvalue weighted by Crippen LogP contribution is 2.08. The van der Waals surface area contributed by atoms with Gasteiger partial charge in [-0.25, -0.2) is 0 Å². The predicted octanol–water partition coefficient (Wildman–Crippen LogP) is 1.88. The van der Waals surface area contributed by atoms with E-state index < -0.39 is 0 Å².